The predicted octanol–water partition coefficient (Wildman–Crippen LogP) is 4.72. The van der Waals surface area contributed by atoms with Crippen molar-refractivity contribution >= 4 is 28.1 Å². The molecule has 0 atom stereocenters. The molecule has 0 saturated carbocycles. The average molecular weight is 364 g/mol. The number of hydrogen-bond acceptors (Lipinski definition) is 5. The van der Waals surface area contributed by atoms with Crippen LogP contribution in [0.5, 0.6) is 5.75 Å². The van der Waals surface area contributed by atoms with Crippen molar-refractivity contribution in [1.82, 2.24) is 9.97 Å². The number of nitrogens with zero attached hydrogens (tertiary/aromatic N) is 2. The number of methoxy groups -OCH3 is 1. The lowest BCUT2D eigenvalue weighted by molar-refractivity contribution is 0.415. The summed E-state index contributed by atoms with van der Waals surface area (Å²) in [6, 6.07) is 6.28. The third kappa shape index (κ3) is 3.49. The molecule has 3 N–H and O–H groups in total. The molecule has 1 heterocycles. The highest BCUT2D eigenvalue weighted by atomic mass is 19.2. The predicted molar refractivity (Wildman–Crippen MR) is 96.2 cm³/mol. The third-order valence-electron chi connectivity index (χ3n) is 3.47. The van der Waals surface area contributed by atoms with Gasteiger partial charge in [0.1, 0.15) is 28.6 Å². The maximum absolute atomic E-state index is 14.7. The Balaban J connectivity index is 0.00000117. The van der Waals surface area contributed by atoms with E-state index < -0.39 is 28.5 Å². The number of benzene rings is 2. The first-order valence-electron chi connectivity index (χ1n) is 7.93. The van der Waals surface area contributed by atoms with E-state index in [0.29, 0.717) is 11.4 Å². The summed E-state index contributed by atoms with van der Waals surface area (Å²) in [6.07, 6.45) is 0. The van der Waals surface area contributed by atoms with Crippen molar-refractivity contribution < 1.29 is 17.9 Å². The van der Waals surface area contributed by atoms with E-state index in [0.717, 1.165) is 0 Å². The number of aryl methyl sites for hydroxylation is 1. The maximum Gasteiger partial charge on any atom is 0.186 e. The van der Waals surface area contributed by atoms with Gasteiger partial charge in [0.15, 0.2) is 17.5 Å². The first kappa shape index (κ1) is 19.3. The zero-order valence-electron chi connectivity index (χ0n) is 14.8. The fraction of sp³-hybridized carbons (Fsp3) is 0.222. The number of aromatic nitrogens is 2. The molecule has 3 rings (SSSR count). The second-order valence-electron chi connectivity index (χ2n) is 5.05. The van der Waals surface area contributed by atoms with Crippen LogP contribution in [0.1, 0.15) is 19.7 Å². The Morgan fingerprint density at radius 3 is 2.15 bits per heavy atom. The van der Waals surface area contributed by atoms with E-state index in [1.165, 1.54) is 14.0 Å². The molecular formula is C18H19F3N4O. The number of rotatable bonds is 3. The van der Waals surface area contributed by atoms with Gasteiger partial charge in [0.2, 0.25) is 0 Å². The Bertz CT molecular complexity index is 930. The molecule has 0 aliphatic heterocycles. The molecule has 8 heteroatoms. The molecule has 138 valence electrons. The van der Waals surface area contributed by atoms with Gasteiger partial charge in [-0.25, -0.2) is 23.1 Å². The monoisotopic (exact) mass is 364 g/mol. The Morgan fingerprint density at radius 2 is 1.58 bits per heavy atom. The van der Waals surface area contributed by atoms with Crippen molar-refractivity contribution in [2.75, 3.05) is 18.2 Å². The lowest BCUT2D eigenvalue weighted by Crippen LogP contribution is -2.07. The van der Waals surface area contributed by atoms with Gasteiger partial charge in [-0.3, -0.25) is 0 Å². The Morgan fingerprint density at radius 1 is 0.962 bits per heavy atom. The first-order valence-corrected chi connectivity index (χ1v) is 7.93. The highest BCUT2D eigenvalue weighted by Crippen LogP contribution is 2.34. The molecule has 26 heavy (non-hydrogen) atoms. The van der Waals surface area contributed by atoms with Crippen LogP contribution in [0.4, 0.5) is 30.4 Å². The maximum atomic E-state index is 14.7. The van der Waals surface area contributed by atoms with E-state index >= 15 is 0 Å². The number of nitrogens with two attached hydrogens (primary N) is 1. The molecule has 0 fully saturated rings. The van der Waals surface area contributed by atoms with Crippen molar-refractivity contribution in [1.29, 1.82) is 0 Å². The minimum absolute atomic E-state index is 0.153. The summed E-state index contributed by atoms with van der Waals surface area (Å²) in [7, 11) is 1.49. The average Bonchev–Trinajstić information content (AvgIpc) is 2.65. The van der Waals surface area contributed by atoms with Crippen LogP contribution in [-0.4, -0.2) is 17.1 Å². The van der Waals surface area contributed by atoms with Gasteiger partial charge >= 0.3 is 0 Å². The quantitative estimate of drug-likeness (QED) is 0.658. The Kier molecular flexibility index (Phi) is 5.86. The number of ether oxygens (including phenoxy) is 1. The smallest absolute Gasteiger partial charge is 0.186 e. The van der Waals surface area contributed by atoms with Crippen LogP contribution in [0.2, 0.25) is 0 Å². The van der Waals surface area contributed by atoms with Gasteiger partial charge < -0.3 is 15.8 Å². The summed E-state index contributed by atoms with van der Waals surface area (Å²) < 4.78 is 48.2. The van der Waals surface area contributed by atoms with Gasteiger partial charge in [0.25, 0.3) is 0 Å². The molecule has 3 aromatic rings. The van der Waals surface area contributed by atoms with Gasteiger partial charge in [-0.1, -0.05) is 13.8 Å². The second-order valence-corrected chi connectivity index (χ2v) is 5.05. The summed E-state index contributed by atoms with van der Waals surface area (Å²) in [5.41, 5.74) is 4.89. The third-order valence-corrected chi connectivity index (χ3v) is 3.47. The SMILES string of the molecule is CC.COc1ccc(Nc2c(F)c(F)c3c(N)nc(C)nc3c2F)cc1. The fourth-order valence-corrected chi connectivity index (χ4v) is 2.33. The number of anilines is 3. The minimum atomic E-state index is -1.39. The van der Waals surface area contributed by atoms with Crippen LogP contribution in [0.25, 0.3) is 10.9 Å². The molecule has 1 aromatic heterocycles. The lowest BCUT2D eigenvalue weighted by Gasteiger charge is -2.13. The largest absolute Gasteiger partial charge is 0.497 e. The number of fused-ring (bicyclic) bond motifs is 1. The summed E-state index contributed by atoms with van der Waals surface area (Å²) in [5.74, 6) is -3.33. The molecule has 0 spiro atoms. The number of hydrogen-bond donors (Lipinski definition) is 2. The number of nitrogen functional groups attached to an aromatic ring is 1. The van der Waals surface area contributed by atoms with Crippen LogP contribution < -0.4 is 15.8 Å². The Labute approximate surface area is 149 Å². The van der Waals surface area contributed by atoms with Gasteiger partial charge in [-0.15, -0.1) is 0 Å². The summed E-state index contributed by atoms with van der Waals surface area (Å²) in [6.45, 7) is 5.48. The van der Waals surface area contributed by atoms with Crippen LogP contribution in [0.3, 0.4) is 0 Å². The van der Waals surface area contributed by atoms with Crippen molar-refractivity contribution in [3.63, 3.8) is 0 Å². The molecule has 0 radical (unpaired) electrons. The van der Waals surface area contributed by atoms with Gasteiger partial charge in [-0.2, -0.15) is 0 Å². The molecule has 0 bridgehead atoms. The van der Waals surface area contributed by atoms with Crippen molar-refractivity contribution in [3.8, 4) is 5.75 Å². The fourth-order valence-electron chi connectivity index (χ4n) is 2.33. The highest BCUT2D eigenvalue weighted by molar-refractivity contribution is 5.92. The van der Waals surface area contributed by atoms with Crippen molar-refractivity contribution in [2.24, 2.45) is 0 Å². The zero-order valence-corrected chi connectivity index (χ0v) is 14.8. The van der Waals surface area contributed by atoms with Crippen LogP contribution in [-0.2, 0) is 0 Å². The lowest BCUT2D eigenvalue weighted by atomic mass is 10.1. The van der Waals surface area contributed by atoms with E-state index in [1.54, 1.807) is 24.3 Å². The van der Waals surface area contributed by atoms with Gasteiger partial charge in [0.05, 0.1) is 12.5 Å². The van der Waals surface area contributed by atoms with E-state index in [-0.39, 0.29) is 17.2 Å². The van der Waals surface area contributed by atoms with Crippen molar-refractivity contribution in [3.05, 3.63) is 47.5 Å². The molecule has 0 amide bonds. The minimum Gasteiger partial charge on any atom is -0.497 e. The van der Waals surface area contributed by atoms with Crippen LogP contribution in [0, 0.1) is 24.4 Å². The Hall–Kier alpha value is -3.03. The molecule has 0 saturated heterocycles. The van der Waals surface area contributed by atoms with Crippen LogP contribution >= 0.6 is 0 Å². The van der Waals surface area contributed by atoms with Gasteiger partial charge in [0, 0.05) is 5.69 Å². The first-order chi connectivity index (χ1) is 12.4. The zero-order chi connectivity index (χ0) is 19.4. The standard InChI is InChI=1S/C16H13F3N4O.C2H6/c1-7-21-14-10(16(20)22-7)11(17)12(18)15(13(14)19)23-8-3-5-9(24-2)6-4-8;1-2/h3-6,23H,1-2H3,(H2,20,21,22);1-2H3. The molecule has 5 nitrogen and oxygen atoms in total. The van der Waals surface area contributed by atoms with E-state index in [1.807, 2.05) is 13.8 Å². The normalized spacial score (nSPS) is 10.3. The number of nitrogens with one attached hydrogen (secondary N) is 1. The van der Waals surface area contributed by atoms with E-state index in [2.05, 4.69) is 15.3 Å². The molecule has 0 aliphatic carbocycles. The van der Waals surface area contributed by atoms with E-state index in [9.17, 15) is 13.2 Å². The second kappa shape index (κ2) is 7.90. The van der Waals surface area contributed by atoms with Crippen LogP contribution in [0.15, 0.2) is 24.3 Å². The topological polar surface area (TPSA) is 73.1 Å². The summed E-state index contributed by atoms with van der Waals surface area (Å²) in [4.78, 5) is 7.57. The summed E-state index contributed by atoms with van der Waals surface area (Å²) >= 11 is 0. The molecule has 0 unspecified atom stereocenters. The highest BCUT2D eigenvalue weighted by Gasteiger charge is 2.24. The van der Waals surface area contributed by atoms with E-state index in [4.69, 9.17) is 10.5 Å². The molecular weight excluding hydrogens is 345 g/mol. The molecule has 2 aromatic carbocycles. The number of halogens is 3. The van der Waals surface area contributed by atoms with Crippen molar-refractivity contribution in [2.45, 2.75) is 20.8 Å². The van der Waals surface area contributed by atoms with Gasteiger partial charge in [-0.05, 0) is 31.2 Å². The summed E-state index contributed by atoms with van der Waals surface area (Å²) in [5, 5.41) is 2.04. The molecule has 0 aliphatic rings.